The fourth-order valence-corrected chi connectivity index (χ4v) is 3.94. The SMILES string of the molecule is CCCCC(C)NS(=O)(=O)c1csc(CN)c1. The third-order valence-corrected chi connectivity index (χ3v) is 5.17. The van der Waals surface area contributed by atoms with Crippen molar-refractivity contribution in [3.8, 4) is 0 Å². The van der Waals surface area contributed by atoms with Crippen LogP contribution in [0.4, 0.5) is 0 Å². The van der Waals surface area contributed by atoms with E-state index >= 15 is 0 Å². The highest BCUT2D eigenvalue weighted by molar-refractivity contribution is 7.89. The maximum absolute atomic E-state index is 12.0. The molecule has 6 heteroatoms. The van der Waals surface area contributed by atoms with E-state index in [4.69, 9.17) is 5.73 Å². The van der Waals surface area contributed by atoms with Crippen molar-refractivity contribution < 1.29 is 8.42 Å². The summed E-state index contributed by atoms with van der Waals surface area (Å²) < 4.78 is 26.7. The number of nitrogens with one attached hydrogen (secondary N) is 1. The van der Waals surface area contributed by atoms with Crippen LogP contribution in [0.25, 0.3) is 0 Å². The van der Waals surface area contributed by atoms with Crippen molar-refractivity contribution in [1.29, 1.82) is 0 Å². The van der Waals surface area contributed by atoms with Gasteiger partial charge in [-0.15, -0.1) is 11.3 Å². The standard InChI is InChI=1S/C11H20N2O2S2/c1-3-4-5-9(2)13-17(14,15)11-6-10(7-12)16-8-11/h6,8-9,13H,3-5,7,12H2,1-2H3. The predicted octanol–water partition coefficient (Wildman–Crippen LogP) is 2.06. The lowest BCUT2D eigenvalue weighted by atomic mass is 10.2. The van der Waals surface area contributed by atoms with Crippen molar-refractivity contribution in [1.82, 2.24) is 4.72 Å². The van der Waals surface area contributed by atoms with Crippen LogP contribution in [0, 0.1) is 0 Å². The average molecular weight is 276 g/mol. The van der Waals surface area contributed by atoms with Gasteiger partial charge in [-0.3, -0.25) is 0 Å². The highest BCUT2D eigenvalue weighted by atomic mass is 32.2. The molecule has 17 heavy (non-hydrogen) atoms. The van der Waals surface area contributed by atoms with Crippen LogP contribution in [-0.2, 0) is 16.6 Å². The first-order valence-electron chi connectivity index (χ1n) is 5.79. The van der Waals surface area contributed by atoms with E-state index in [0.717, 1.165) is 24.1 Å². The van der Waals surface area contributed by atoms with E-state index in [1.807, 2.05) is 6.92 Å². The van der Waals surface area contributed by atoms with Gasteiger partial charge in [0.05, 0.1) is 4.90 Å². The Morgan fingerprint density at radius 1 is 1.53 bits per heavy atom. The van der Waals surface area contributed by atoms with Gasteiger partial charge >= 0.3 is 0 Å². The maximum atomic E-state index is 12.0. The smallest absolute Gasteiger partial charge is 0.241 e. The number of thiophene rings is 1. The predicted molar refractivity (Wildman–Crippen MR) is 71.5 cm³/mol. The number of unbranched alkanes of at least 4 members (excludes halogenated alkanes) is 1. The monoisotopic (exact) mass is 276 g/mol. The van der Waals surface area contributed by atoms with Gasteiger partial charge in [-0.2, -0.15) is 0 Å². The normalized spacial score (nSPS) is 13.8. The van der Waals surface area contributed by atoms with E-state index in [1.165, 1.54) is 11.3 Å². The second kappa shape index (κ2) is 6.49. The Hall–Kier alpha value is -0.430. The van der Waals surface area contributed by atoms with Gasteiger partial charge in [0, 0.05) is 22.8 Å². The lowest BCUT2D eigenvalue weighted by molar-refractivity contribution is 0.534. The second-order valence-corrected chi connectivity index (χ2v) is 6.83. The first-order valence-corrected chi connectivity index (χ1v) is 8.15. The minimum atomic E-state index is -3.37. The molecule has 1 heterocycles. The summed E-state index contributed by atoms with van der Waals surface area (Å²) in [5.41, 5.74) is 5.47. The molecule has 1 atom stereocenters. The van der Waals surface area contributed by atoms with Crippen molar-refractivity contribution in [2.45, 2.75) is 50.6 Å². The molecular weight excluding hydrogens is 256 g/mol. The summed E-state index contributed by atoms with van der Waals surface area (Å²) in [4.78, 5) is 1.21. The van der Waals surface area contributed by atoms with Gasteiger partial charge in [-0.1, -0.05) is 19.8 Å². The number of nitrogens with two attached hydrogens (primary N) is 1. The molecule has 0 aromatic carbocycles. The fraction of sp³-hybridized carbons (Fsp3) is 0.636. The number of hydrogen-bond donors (Lipinski definition) is 2. The Bertz CT molecular complexity index is 440. The molecule has 1 aromatic heterocycles. The summed E-state index contributed by atoms with van der Waals surface area (Å²) in [5, 5.41) is 1.64. The first-order chi connectivity index (χ1) is 7.99. The van der Waals surface area contributed by atoms with Crippen LogP contribution < -0.4 is 10.5 Å². The van der Waals surface area contributed by atoms with Gasteiger partial charge in [0.1, 0.15) is 0 Å². The van der Waals surface area contributed by atoms with Crippen molar-refractivity contribution in [2.24, 2.45) is 5.73 Å². The zero-order valence-corrected chi connectivity index (χ0v) is 11.9. The lowest BCUT2D eigenvalue weighted by Crippen LogP contribution is -2.32. The Kier molecular flexibility index (Phi) is 5.58. The van der Waals surface area contributed by atoms with Gasteiger partial charge in [0.2, 0.25) is 10.0 Å². The molecule has 0 spiro atoms. The Balaban J connectivity index is 2.68. The second-order valence-electron chi connectivity index (χ2n) is 4.12. The molecule has 0 aliphatic rings. The van der Waals surface area contributed by atoms with Gasteiger partial charge in [0.25, 0.3) is 0 Å². The maximum Gasteiger partial charge on any atom is 0.241 e. The molecule has 1 aromatic rings. The zero-order valence-electron chi connectivity index (χ0n) is 10.3. The van der Waals surface area contributed by atoms with Crippen LogP contribution in [0.15, 0.2) is 16.3 Å². The summed E-state index contributed by atoms with van der Waals surface area (Å²) in [6.45, 7) is 4.36. The highest BCUT2D eigenvalue weighted by Gasteiger charge is 2.18. The molecule has 0 saturated carbocycles. The first kappa shape index (κ1) is 14.6. The lowest BCUT2D eigenvalue weighted by Gasteiger charge is -2.12. The summed E-state index contributed by atoms with van der Waals surface area (Å²) in [6.07, 6.45) is 2.97. The van der Waals surface area contributed by atoms with E-state index < -0.39 is 10.0 Å². The molecule has 0 aliphatic carbocycles. The molecule has 0 radical (unpaired) electrons. The summed E-state index contributed by atoms with van der Waals surface area (Å²) in [5.74, 6) is 0. The number of hydrogen-bond acceptors (Lipinski definition) is 4. The quantitative estimate of drug-likeness (QED) is 0.800. The van der Waals surface area contributed by atoms with Crippen LogP contribution in [0.3, 0.4) is 0 Å². The van der Waals surface area contributed by atoms with Crippen LogP contribution in [0.2, 0.25) is 0 Å². The summed E-state index contributed by atoms with van der Waals surface area (Å²) >= 11 is 1.38. The van der Waals surface area contributed by atoms with Crippen molar-refractivity contribution >= 4 is 21.4 Å². The van der Waals surface area contributed by atoms with E-state index in [-0.39, 0.29) is 6.04 Å². The van der Waals surface area contributed by atoms with Gasteiger partial charge in [-0.05, 0) is 19.4 Å². The molecular formula is C11H20N2O2S2. The molecule has 1 unspecified atom stereocenters. The summed E-state index contributed by atoms with van der Waals surface area (Å²) in [6, 6.07) is 1.61. The van der Waals surface area contributed by atoms with Crippen LogP contribution in [0.1, 0.15) is 38.0 Å². The third kappa shape index (κ3) is 4.39. The minimum absolute atomic E-state index is 0.0267. The minimum Gasteiger partial charge on any atom is -0.326 e. The molecule has 0 aliphatic heterocycles. The molecule has 0 fully saturated rings. The average Bonchev–Trinajstić information content (AvgIpc) is 2.75. The fourth-order valence-electron chi connectivity index (χ4n) is 1.51. The summed E-state index contributed by atoms with van der Waals surface area (Å²) in [7, 11) is -3.37. The van der Waals surface area contributed by atoms with Crippen molar-refractivity contribution in [2.75, 3.05) is 0 Å². The molecule has 4 nitrogen and oxygen atoms in total. The molecule has 0 bridgehead atoms. The van der Waals surface area contributed by atoms with Crippen LogP contribution in [0.5, 0.6) is 0 Å². The Morgan fingerprint density at radius 2 is 2.24 bits per heavy atom. The molecule has 98 valence electrons. The molecule has 1 rings (SSSR count). The Morgan fingerprint density at radius 3 is 2.76 bits per heavy atom. The molecule has 0 amide bonds. The van der Waals surface area contributed by atoms with Gasteiger partial charge in [0.15, 0.2) is 0 Å². The topological polar surface area (TPSA) is 72.2 Å². The Labute approximate surface area is 107 Å². The zero-order chi connectivity index (χ0) is 12.9. The van der Waals surface area contributed by atoms with Crippen molar-refractivity contribution in [3.05, 3.63) is 16.3 Å². The van der Waals surface area contributed by atoms with Crippen LogP contribution >= 0.6 is 11.3 Å². The van der Waals surface area contributed by atoms with Crippen molar-refractivity contribution in [3.63, 3.8) is 0 Å². The van der Waals surface area contributed by atoms with Gasteiger partial charge < -0.3 is 5.73 Å². The third-order valence-electron chi connectivity index (χ3n) is 2.49. The largest absolute Gasteiger partial charge is 0.326 e. The van der Waals surface area contributed by atoms with E-state index in [0.29, 0.717) is 11.4 Å². The molecule has 0 saturated heterocycles. The van der Waals surface area contributed by atoms with Gasteiger partial charge in [-0.25, -0.2) is 13.1 Å². The molecule has 3 N–H and O–H groups in total. The number of sulfonamides is 1. The number of rotatable bonds is 7. The van der Waals surface area contributed by atoms with Crippen LogP contribution in [-0.4, -0.2) is 14.5 Å². The van der Waals surface area contributed by atoms with E-state index in [9.17, 15) is 8.42 Å². The van der Waals surface area contributed by atoms with E-state index in [2.05, 4.69) is 11.6 Å². The highest BCUT2D eigenvalue weighted by Crippen LogP contribution is 2.19. The van der Waals surface area contributed by atoms with E-state index in [1.54, 1.807) is 11.4 Å².